The molecule has 6 nitrogen and oxygen atoms in total. The van der Waals surface area contributed by atoms with E-state index in [2.05, 4.69) is 16.4 Å². The van der Waals surface area contributed by atoms with Gasteiger partial charge in [0.1, 0.15) is 11.5 Å². The van der Waals surface area contributed by atoms with Gasteiger partial charge in [0, 0.05) is 35.4 Å². The summed E-state index contributed by atoms with van der Waals surface area (Å²) in [6.07, 6.45) is 2.05. The SMILES string of the molecule is COc1cc(OC)c2cc(CCCNC(=O)Cc3ccc(N)cc3)[nH]c2c1.Cl. The van der Waals surface area contributed by atoms with Crippen LogP contribution in [0.2, 0.25) is 0 Å². The molecule has 0 atom stereocenters. The van der Waals surface area contributed by atoms with Crippen LogP contribution in [0, 0.1) is 0 Å². The number of fused-ring (bicyclic) bond motifs is 1. The number of aromatic nitrogens is 1. The molecule has 0 aliphatic carbocycles. The number of hydrogen-bond donors (Lipinski definition) is 3. The van der Waals surface area contributed by atoms with Gasteiger partial charge in [0.25, 0.3) is 0 Å². The molecule has 0 radical (unpaired) electrons. The molecule has 1 amide bonds. The molecule has 4 N–H and O–H groups in total. The van der Waals surface area contributed by atoms with E-state index in [1.54, 1.807) is 14.2 Å². The summed E-state index contributed by atoms with van der Waals surface area (Å²) in [6, 6.07) is 13.3. The number of benzene rings is 2. The highest BCUT2D eigenvalue weighted by molar-refractivity contribution is 5.88. The molecule has 1 aromatic heterocycles. The number of nitrogen functional groups attached to an aromatic ring is 1. The molecule has 3 aromatic rings. The van der Waals surface area contributed by atoms with Crippen molar-refractivity contribution < 1.29 is 14.3 Å². The van der Waals surface area contributed by atoms with Crippen LogP contribution in [0.25, 0.3) is 10.9 Å². The number of anilines is 1. The fraction of sp³-hybridized carbons (Fsp3) is 0.286. The zero-order valence-electron chi connectivity index (χ0n) is 16.1. The van der Waals surface area contributed by atoms with Gasteiger partial charge in [-0.05, 0) is 36.6 Å². The molecule has 2 aromatic carbocycles. The number of H-pyrrole nitrogens is 1. The lowest BCUT2D eigenvalue weighted by atomic mass is 10.1. The van der Waals surface area contributed by atoms with E-state index in [9.17, 15) is 4.79 Å². The number of methoxy groups -OCH3 is 2. The van der Waals surface area contributed by atoms with Crippen LogP contribution in [0.15, 0.2) is 42.5 Å². The second kappa shape index (κ2) is 9.90. The Labute approximate surface area is 170 Å². The number of amides is 1. The van der Waals surface area contributed by atoms with Crippen molar-refractivity contribution in [3.63, 3.8) is 0 Å². The molecule has 0 unspecified atom stereocenters. The van der Waals surface area contributed by atoms with Gasteiger partial charge in [0.2, 0.25) is 5.91 Å². The second-order valence-electron chi connectivity index (χ2n) is 6.46. The largest absolute Gasteiger partial charge is 0.497 e. The van der Waals surface area contributed by atoms with Crippen molar-refractivity contribution in [1.82, 2.24) is 10.3 Å². The Bertz CT molecular complexity index is 923. The first-order valence-electron chi connectivity index (χ1n) is 8.94. The van der Waals surface area contributed by atoms with Crippen LogP contribution in [-0.2, 0) is 17.6 Å². The average molecular weight is 404 g/mol. The van der Waals surface area contributed by atoms with Crippen LogP contribution in [0.4, 0.5) is 5.69 Å². The van der Waals surface area contributed by atoms with Crippen LogP contribution in [0.3, 0.4) is 0 Å². The third-order valence-electron chi connectivity index (χ3n) is 4.47. The fourth-order valence-corrected chi connectivity index (χ4v) is 3.05. The molecule has 0 spiro atoms. The zero-order chi connectivity index (χ0) is 19.2. The first-order chi connectivity index (χ1) is 13.1. The van der Waals surface area contributed by atoms with Crippen molar-refractivity contribution in [3.8, 4) is 11.5 Å². The molecule has 7 heteroatoms. The van der Waals surface area contributed by atoms with Crippen molar-refractivity contribution in [2.24, 2.45) is 0 Å². The van der Waals surface area contributed by atoms with Gasteiger partial charge < -0.3 is 25.5 Å². The molecule has 0 saturated carbocycles. The van der Waals surface area contributed by atoms with Crippen LogP contribution >= 0.6 is 12.4 Å². The maximum Gasteiger partial charge on any atom is 0.224 e. The van der Waals surface area contributed by atoms with Gasteiger partial charge in [-0.2, -0.15) is 0 Å². The van der Waals surface area contributed by atoms with E-state index in [1.807, 2.05) is 36.4 Å². The monoisotopic (exact) mass is 403 g/mol. The minimum absolute atomic E-state index is 0. The lowest BCUT2D eigenvalue weighted by Crippen LogP contribution is -2.26. The van der Waals surface area contributed by atoms with Gasteiger partial charge in [0.05, 0.1) is 26.2 Å². The van der Waals surface area contributed by atoms with Gasteiger partial charge in [-0.15, -0.1) is 12.4 Å². The first kappa shape index (κ1) is 21.4. The standard InChI is InChI=1S/C21H25N3O3.ClH/c1-26-17-12-19-18(20(13-17)27-2)11-16(24-19)4-3-9-23-21(25)10-14-5-7-15(22)8-6-14;/h5-8,11-13,24H,3-4,9-10,22H2,1-2H3,(H,23,25);1H. The highest BCUT2D eigenvalue weighted by Crippen LogP contribution is 2.31. The number of hydrogen-bond acceptors (Lipinski definition) is 4. The minimum Gasteiger partial charge on any atom is -0.497 e. The van der Waals surface area contributed by atoms with E-state index in [0.717, 1.165) is 46.5 Å². The Balaban J connectivity index is 0.00000280. The molecule has 0 bridgehead atoms. The Morgan fingerprint density at radius 3 is 2.54 bits per heavy atom. The maximum absolute atomic E-state index is 12.0. The van der Waals surface area contributed by atoms with E-state index < -0.39 is 0 Å². The average Bonchev–Trinajstić information content (AvgIpc) is 3.09. The van der Waals surface area contributed by atoms with Crippen LogP contribution < -0.4 is 20.5 Å². The quantitative estimate of drug-likeness (QED) is 0.397. The Morgan fingerprint density at radius 2 is 1.86 bits per heavy atom. The van der Waals surface area contributed by atoms with E-state index in [0.29, 0.717) is 18.7 Å². The van der Waals surface area contributed by atoms with Crippen molar-refractivity contribution >= 4 is 34.9 Å². The van der Waals surface area contributed by atoms with Crippen LogP contribution in [0.1, 0.15) is 17.7 Å². The molecule has 0 fully saturated rings. The van der Waals surface area contributed by atoms with Gasteiger partial charge in [-0.3, -0.25) is 4.79 Å². The lowest BCUT2D eigenvalue weighted by molar-refractivity contribution is -0.120. The Hall–Kier alpha value is -2.86. The third kappa shape index (κ3) is 5.33. The fourth-order valence-electron chi connectivity index (χ4n) is 3.05. The number of halogens is 1. The summed E-state index contributed by atoms with van der Waals surface area (Å²) in [5, 5.41) is 3.99. The number of carbonyl (C=O) groups is 1. The number of rotatable bonds is 8. The lowest BCUT2D eigenvalue weighted by Gasteiger charge is -2.05. The highest BCUT2D eigenvalue weighted by Gasteiger charge is 2.09. The minimum atomic E-state index is 0. The highest BCUT2D eigenvalue weighted by atomic mass is 35.5. The topological polar surface area (TPSA) is 89.4 Å². The summed E-state index contributed by atoms with van der Waals surface area (Å²) in [5.74, 6) is 1.55. The molecule has 0 aliphatic heterocycles. The molecular formula is C21H26ClN3O3. The van der Waals surface area contributed by atoms with Gasteiger partial charge in [-0.25, -0.2) is 0 Å². The number of nitrogens with two attached hydrogens (primary N) is 1. The maximum atomic E-state index is 12.0. The Kier molecular flexibility index (Phi) is 7.58. The van der Waals surface area contributed by atoms with Crippen molar-refractivity contribution in [3.05, 3.63) is 53.7 Å². The summed E-state index contributed by atoms with van der Waals surface area (Å²) < 4.78 is 10.7. The molecule has 150 valence electrons. The molecule has 0 saturated heterocycles. The number of aryl methyl sites for hydroxylation is 1. The van der Waals surface area contributed by atoms with Crippen LogP contribution in [-0.4, -0.2) is 31.7 Å². The molecule has 0 aliphatic rings. The predicted molar refractivity (Wildman–Crippen MR) is 115 cm³/mol. The van der Waals surface area contributed by atoms with Gasteiger partial charge in [0.15, 0.2) is 0 Å². The summed E-state index contributed by atoms with van der Waals surface area (Å²) in [7, 11) is 3.29. The van der Waals surface area contributed by atoms with Crippen LogP contribution in [0.5, 0.6) is 11.5 Å². The van der Waals surface area contributed by atoms with E-state index in [4.69, 9.17) is 15.2 Å². The summed E-state index contributed by atoms with van der Waals surface area (Å²) in [6.45, 7) is 0.629. The smallest absolute Gasteiger partial charge is 0.224 e. The van der Waals surface area contributed by atoms with E-state index >= 15 is 0 Å². The number of ether oxygens (including phenoxy) is 2. The predicted octanol–water partition coefficient (Wildman–Crippen LogP) is 3.48. The molecule has 3 rings (SSSR count). The number of nitrogens with one attached hydrogen (secondary N) is 2. The summed E-state index contributed by atoms with van der Waals surface area (Å²) in [4.78, 5) is 15.4. The van der Waals surface area contributed by atoms with Crippen molar-refractivity contribution in [1.29, 1.82) is 0 Å². The van der Waals surface area contributed by atoms with Crippen molar-refractivity contribution in [2.45, 2.75) is 19.3 Å². The van der Waals surface area contributed by atoms with Gasteiger partial charge in [-0.1, -0.05) is 12.1 Å². The van der Waals surface area contributed by atoms with Crippen molar-refractivity contribution in [2.75, 3.05) is 26.5 Å². The van der Waals surface area contributed by atoms with E-state index in [1.165, 1.54) is 0 Å². The molecule has 28 heavy (non-hydrogen) atoms. The summed E-state index contributed by atoms with van der Waals surface area (Å²) >= 11 is 0. The van der Waals surface area contributed by atoms with Gasteiger partial charge >= 0.3 is 0 Å². The third-order valence-corrected chi connectivity index (χ3v) is 4.47. The number of carbonyl (C=O) groups excluding carboxylic acids is 1. The number of aromatic amines is 1. The molecule has 1 heterocycles. The second-order valence-corrected chi connectivity index (χ2v) is 6.46. The molecular weight excluding hydrogens is 378 g/mol. The van der Waals surface area contributed by atoms with E-state index in [-0.39, 0.29) is 18.3 Å². The zero-order valence-corrected chi connectivity index (χ0v) is 16.9. The first-order valence-corrected chi connectivity index (χ1v) is 8.94. The summed E-state index contributed by atoms with van der Waals surface area (Å²) in [5.41, 5.74) is 9.39. The Morgan fingerprint density at radius 1 is 1.11 bits per heavy atom. The normalized spacial score (nSPS) is 10.4.